The van der Waals surface area contributed by atoms with E-state index in [1.54, 1.807) is 38.5 Å². The van der Waals surface area contributed by atoms with Crippen molar-refractivity contribution < 1.29 is 18.7 Å². The Morgan fingerprint density at radius 2 is 1.85 bits per heavy atom. The van der Waals surface area contributed by atoms with Crippen molar-refractivity contribution in [1.82, 2.24) is 10.2 Å². The predicted molar refractivity (Wildman–Crippen MR) is 98.6 cm³/mol. The van der Waals surface area contributed by atoms with Gasteiger partial charge < -0.3 is 19.2 Å². The molecule has 1 N–H and O–H groups in total. The molecule has 0 aliphatic heterocycles. The Morgan fingerprint density at radius 3 is 2.58 bits per heavy atom. The largest absolute Gasteiger partial charge is 0.497 e. The van der Waals surface area contributed by atoms with Crippen LogP contribution in [0.3, 0.4) is 0 Å². The molecule has 0 saturated heterocycles. The summed E-state index contributed by atoms with van der Waals surface area (Å²) in [5.41, 5.74) is 1.40. The molecular weight excluding hydrogens is 354 g/mol. The highest BCUT2D eigenvalue weighted by atomic mass is 32.2. The summed E-state index contributed by atoms with van der Waals surface area (Å²) in [4.78, 5) is 12.0. The van der Waals surface area contributed by atoms with E-state index < -0.39 is 0 Å². The molecule has 1 amide bonds. The molecular formula is C18H17N3O4S. The lowest BCUT2D eigenvalue weighted by molar-refractivity contribution is -0.113. The number of hydrogen-bond donors (Lipinski definition) is 1. The number of rotatable bonds is 7. The Hall–Kier alpha value is -3.00. The number of nitrogens with one attached hydrogen (secondary N) is 1. The van der Waals surface area contributed by atoms with E-state index >= 15 is 0 Å². The van der Waals surface area contributed by atoms with Gasteiger partial charge in [-0.1, -0.05) is 23.9 Å². The molecule has 8 heteroatoms. The van der Waals surface area contributed by atoms with E-state index in [2.05, 4.69) is 15.5 Å². The summed E-state index contributed by atoms with van der Waals surface area (Å²) in [5.74, 6) is 1.70. The Bertz CT molecular complexity index is 880. The first-order chi connectivity index (χ1) is 12.7. The quantitative estimate of drug-likeness (QED) is 0.636. The zero-order valence-electron chi connectivity index (χ0n) is 14.3. The number of aromatic nitrogens is 2. The van der Waals surface area contributed by atoms with Crippen molar-refractivity contribution in [2.45, 2.75) is 5.22 Å². The minimum atomic E-state index is -0.169. The minimum absolute atomic E-state index is 0.152. The second kappa shape index (κ2) is 8.39. The van der Waals surface area contributed by atoms with Crippen LogP contribution in [-0.4, -0.2) is 36.1 Å². The van der Waals surface area contributed by atoms with Crippen molar-refractivity contribution in [1.29, 1.82) is 0 Å². The van der Waals surface area contributed by atoms with Crippen LogP contribution in [0.15, 0.2) is 58.2 Å². The van der Waals surface area contributed by atoms with Crippen molar-refractivity contribution in [2.24, 2.45) is 0 Å². The number of anilines is 1. The second-order valence-corrected chi connectivity index (χ2v) is 6.07. The Kier molecular flexibility index (Phi) is 5.75. The van der Waals surface area contributed by atoms with Crippen LogP contribution in [0.1, 0.15) is 0 Å². The van der Waals surface area contributed by atoms with Crippen LogP contribution in [0, 0.1) is 0 Å². The predicted octanol–water partition coefficient (Wildman–Crippen LogP) is 3.48. The topological polar surface area (TPSA) is 86.5 Å². The van der Waals surface area contributed by atoms with Crippen LogP contribution >= 0.6 is 11.8 Å². The average Bonchev–Trinajstić information content (AvgIpc) is 3.16. The normalized spacial score (nSPS) is 10.4. The number of nitrogens with zero attached hydrogens (tertiary/aromatic N) is 2. The highest BCUT2D eigenvalue weighted by Crippen LogP contribution is 2.30. The molecule has 0 atom stereocenters. The summed E-state index contributed by atoms with van der Waals surface area (Å²) in [5, 5.41) is 11.1. The van der Waals surface area contributed by atoms with Gasteiger partial charge in [-0.15, -0.1) is 10.2 Å². The average molecular weight is 371 g/mol. The zero-order chi connectivity index (χ0) is 18.4. The molecule has 0 unspecified atom stereocenters. The van der Waals surface area contributed by atoms with Gasteiger partial charge in [0.15, 0.2) is 0 Å². The maximum absolute atomic E-state index is 12.0. The molecule has 1 heterocycles. The van der Waals surface area contributed by atoms with Crippen LogP contribution in [0.25, 0.3) is 11.5 Å². The van der Waals surface area contributed by atoms with Gasteiger partial charge in [0.1, 0.15) is 11.5 Å². The van der Waals surface area contributed by atoms with Crippen molar-refractivity contribution in [3.05, 3.63) is 48.5 Å². The fourth-order valence-corrected chi connectivity index (χ4v) is 2.76. The molecule has 0 aliphatic carbocycles. The number of amides is 1. The van der Waals surface area contributed by atoms with Crippen LogP contribution in [0.2, 0.25) is 0 Å². The fourth-order valence-electron chi connectivity index (χ4n) is 2.20. The van der Waals surface area contributed by atoms with E-state index in [4.69, 9.17) is 13.9 Å². The molecule has 0 spiro atoms. The first-order valence-electron chi connectivity index (χ1n) is 7.73. The number of hydrogen-bond acceptors (Lipinski definition) is 7. The molecule has 3 rings (SSSR count). The highest BCUT2D eigenvalue weighted by molar-refractivity contribution is 7.99. The molecule has 3 aromatic rings. The zero-order valence-corrected chi connectivity index (χ0v) is 15.1. The SMILES string of the molecule is COc1ccc(NC(=O)CSc2nnc(-c3ccccc3OC)o2)cc1. The lowest BCUT2D eigenvalue weighted by atomic mass is 10.2. The molecule has 134 valence electrons. The van der Waals surface area contributed by atoms with Crippen molar-refractivity contribution in [2.75, 3.05) is 25.3 Å². The van der Waals surface area contributed by atoms with Crippen LogP contribution in [0.5, 0.6) is 11.5 Å². The number of ether oxygens (including phenoxy) is 2. The summed E-state index contributed by atoms with van der Waals surface area (Å²) in [6, 6.07) is 14.5. The summed E-state index contributed by atoms with van der Waals surface area (Å²) >= 11 is 1.17. The standard InChI is InChI=1S/C18H17N3O4S/c1-23-13-9-7-12(8-10-13)19-16(22)11-26-18-21-20-17(25-18)14-5-3-4-6-15(14)24-2/h3-10H,11H2,1-2H3,(H,19,22). The monoisotopic (exact) mass is 371 g/mol. The molecule has 0 radical (unpaired) electrons. The van der Waals surface area contributed by atoms with E-state index in [-0.39, 0.29) is 11.7 Å². The van der Waals surface area contributed by atoms with Gasteiger partial charge in [0.05, 0.1) is 25.5 Å². The number of thioether (sulfide) groups is 1. The van der Waals surface area contributed by atoms with Gasteiger partial charge >= 0.3 is 0 Å². The molecule has 0 bridgehead atoms. The van der Waals surface area contributed by atoms with Crippen LogP contribution < -0.4 is 14.8 Å². The summed E-state index contributed by atoms with van der Waals surface area (Å²) in [6.07, 6.45) is 0. The lowest BCUT2D eigenvalue weighted by Gasteiger charge is -2.05. The third-order valence-electron chi connectivity index (χ3n) is 3.44. The van der Waals surface area contributed by atoms with Gasteiger partial charge in [-0.3, -0.25) is 4.79 Å². The van der Waals surface area contributed by atoms with E-state index in [0.717, 1.165) is 5.75 Å². The van der Waals surface area contributed by atoms with E-state index in [1.165, 1.54) is 11.8 Å². The van der Waals surface area contributed by atoms with Crippen LogP contribution in [-0.2, 0) is 4.79 Å². The van der Waals surface area contributed by atoms with Crippen molar-refractivity contribution in [3.63, 3.8) is 0 Å². The molecule has 0 fully saturated rings. The van der Waals surface area contributed by atoms with Crippen molar-refractivity contribution in [3.8, 4) is 23.0 Å². The number of benzene rings is 2. The van der Waals surface area contributed by atoms with Gasteiger partial charge in [0, 0.05) is 5.69 Å². The van der Waals surface area contributed by atoms with E-state index in [1.807, 2.05) is 24.3 Å². The van der Waals surface area contributed by atoms with Crippen LogP contribution in [0.4, 0.5) is 5.69 Å². The van der Waals surface area contributed by atoms with E-state index in [9.17, 15) is 4.79 Å². The summed E-state index contributed by atoms with van der Waals surface area (Å²) < 4.78 is 16.0. The molecule has 26 heavy (non-hydrogen) atoms. The molecule has 0 saturated carbocycles. The third-order valence-corrected chi connectivity index (χ3v) is 4.26. The Morgan fingerprint density at radius 1 is 1.08 bits per heavy atom. The van der Waals surface area contributed by atoms with Gasteiger partial charge in [0.25, 0.3) is 11.1 Å². The van der Waals surface area contributed by atoms with Gasteiger partial charge in [-0.05, 0) is 36.4 Å². The van der Waals surface area contributed by atoms with E-state index in [0.29, 0.717) is 28.1 Å². The molecule has 7 nitrogen and oxygen atoms in total. The highest BCUT2D eigenvalue weighted by Gasteiger charge is 2.14. The molecule has 1 aromatic heterocycles. The summed E-state index contributed by atoms with van der Waals surface area (Å²) in [7, 11) is 3.17. The smallest absolute Gasteiger partial charge is 0.277 e. The Balaban J connectivity index is 1.58. The lowest BCUT2D eigenvalue weighted by Crippen LogP contribution is -2.13. The first-order valence-corrected chi connectivity index (χ1v) is 8.71. The number of methoxy groups -OCH3 is 2. The van der Waals surface area contributed by atoms with Gasteiger partial charge in [0.2, 0.25) is 5.91 Å². The van der Waals surface area contributed by atoms with Gasteiger partial charge in [-0.25, -0.2) is 0 Å². The second-order valence-electron chi connectivity index (χ2n) is 5.14. The summed E-state index contributed by atoms with van der Waals surface area (Å²) in [6.45, 7) is 0. The van der Waals surface area contributed by atoms with Gasteiger partial charge in [-0.2, -0.15) is 0 Å². The number of para-hydroxylation sites is 1. The fraction of sp³-hybridized carbons (Fsp3) is 0.167. The third kappa shape index (κ3) is 4.34. The van der Waals surface area contributed by atoms with Crippen molar-refractivity contribution >= 4 is 23.4 Å². The first kappa shape index (κ1) is 17.8. The minimum Gasteiger partial charge on any atom is -0.497 e. The maximum Gasteiger partial charge on any atom is 0.277 e. The molecule has 2 aromatic carbocycles. The number of carbonyl (C=O) groups excluding carboxylic acids is 1. The Labute approximate surface area is 154 Å². The molecule has 0 aliphatic rings. The maximum atomic E-state index is 12.0. The number of carbonyl (C=O) groups is 1.